The molecule has 2 aromatic carbocycles. The Kier molecular flexibility index (Phi) is 6.63. The Morgan fingerprint density at radius 1 is 1.17 bits per heavy atom. The molecule has 0 spiro atoms. The van der Waals surface area contributed by atoms with Crippen LogP contribution in [0, 0.1) is 0 Å². The summed E-state index contributed by atoms with van der Waals surface area (Å²) in [4.78, 5) is 12.6. The maximum Gasteiger partial charge on any atom is 0.259 e. The number of sulfonamides is 1. The van der Waals surface area contributed by atoms with Gasteiger partial charge in [-0.25, -0.2) is 8.42 Å². The van der Waals surface area contributed by atoms with E-state index < -0.39 is 15.9 Å². The molecule has 1 aromatic heterocycles. The summed E-state index contributed by atoms with van der Waals surface area (Å²) >= 11 is 7.40. The minimum absolute atomic E-state index is 0.0167. The SMILES string of the molecule is CCc1nnc(NC(=O)c2cc(S(=O)(=O)N(C)Cc3ccccc3)ccc2Cl)s1. The molecule has 0 aliphatic heterocycles. The molecule has 0 atom stereocenters. The van der Waals surface area contributed by atoms with Crippen LogP contribution in [-0.4, -0.2) is 35.9 Å². The monoisotopic (exact) mass is 450 g/mol. The Labute approximate surface area is 178 Å². The Balaban J connectivity index is 1.84. The van der Waals surface area contributed by atoms with Crippen molar-refractivity contribution in [3.05, 3.63) is 69.7 Å². The number of benzene rings is 2. The van der Waals surface area contributed by atoms with Crippen molar-refractivity contribution in [2.24, 2.45) is 0 Å². The highest BCUT2D eigenvalue weighted by atomic mass is 35.5. The van der Waals surface area contributed by atoms with Crippen molar-refractivity contribution < 1.29 is 13.2 Å². The highest BCUT2D eigenvalue weighted by Crippen LogP contribution is 2.25. The molecule has 0 saturated carbocycles. The minimum atomic E-state index is -3.81. The third-order valence-electron chi connectivity index (χ3n) is 4.13. The zero-order valence-corrected chi connectivity index (χ0v) is 18.2. The highest BCUT2D eigenvalue weighted by Gasteiger charge is 2.24. The van der Waals surface area contributed by atoms with Crippen molar-refractivity contribution in [1.29, 1.82) is 0 Å². The number of aryl methyl sites for hydroxylation is 1. The number of hydrogen-bond donors (Lipinski definition) is 1. The second kappa shape index (κ2) is 9.00. The molecule has 0 unspecified atom stereocenters. The second-order valence-corrected chi connectivity index (χ2v) is 9.71. The van der Waals surface area contributed by atoms with E-state index in [2.05, 4.69) is 15.5 Å². The van der Waals surface area contributed by atoms with Crippen LogP contribution in [0.2, 0.25) is 5.02 Å². The third kappa shape index (κ3) is 4.99. The van der Waals surface area contributed by atoms with E-state index >= 15 is 0 Å². The molecule has 3 aromatic rings. The van der Waals surface area contributed by atoms with E-state index in [0.29, 0.717) is 11.6 Å². The van der Waals surface area contributed by atoms with E-state index in [4.69, 9.17) is 11.6 Å². The zero-order valence-electron chi connectivity index (χ0n) is 15.8. The molecule has 29 heavy (non-hydrogen) atoms. The maximum absolute atomic E-state index is 13.0. The predicted octanol–water partition coefficient (Wildman–Crippen LogP) is 3.83. The van der Waals surface area contributed by atoms with Gasteiger partial charge in [0, 0.05) is 13.6 Å². The predicted molar refractivity (Wildman–Crippen MR) is 114 cm³/mol. The molecule has 152 valence electrons. The number of halogens is 1. The molecule has 0 fully saturated rings. The van der Waals surface area contributed by atoms with E-state index in [1.54, 1.807) is 0 Å². The van der Waals surface area contributed by atoms with Gasteiger partial charge in [-0.05, 0) is 30.2 Å². The highest BCUT2D eigenvalue weighted by molar-refractivity contribution is 7.89. The van der Waals surface area contributed by atoms with Gasteiger partial charge in [0.15, 0.2) is 0 Å². The Morgan fingerprint density at radius 2 is 1.90 bits per heavy atom. The molecule has 0 aliphatic rings. The van der Waals surface area contributed by atoms with Crippen LogP contribution in [0.25, 0.3) is 0 Å². The van der Waals surface area contributed by atoms with Gasteiger partial charge in [0.05, 0.1) is 15.5 Å². The number of hydrogen-bond acceptors (Lipinski definition) is 6. The molecule has 0 aliphatic carbocycles. The van der Waals surface area contributed by atoms with E-state index in [1.807, 2.05) is 37.3 Å². The molecular weight excluding hydrogens is 432 g/mol. The van der Waals surface area contributed by atoms with Gasteiger partial charge in [-0.1, -0.05) is 60.2 Å². The van der Waals surface area contributed by atoms with Crippen molar-refractivity contribution in [3.8, 4) is 0 Å². The second-order valence-electron chi connectivity index (χ2n) is 6.20. The van der Waals surface area contributed by atoms with Gasteiger partial charge < -0.3 is 0 Å². The minimum Gasteiger partial charge on any atom is -0.296 e. The maximum atomic E-state index is 13.0. The van der Waals surface area contributed by atoms with Crippen LogP contribution in [0.3, 0.4) is 0 Å². The van der Waals surface area contributed by atoms with Gasteiger partial charge >= 0.3 is 0 Å². The van der Waals surface area contributed by atoms with E-state index in [0.717, 1.165) is 10.6 Å². The molecule has 1 amide bonds. The molecular formula is C19H19ClN4O3S2. The summed E-state index contributed by atoms with van der Waals surface area (Å²) < 4.78 is 27.1. The van der Waals surface area contributed by atoms with Crippen molar-refractivity contribution >= 4 is 44.0 Å². The number of nitrogens with one attached hydrogen (secondary N) is 1. The molecule has 1 heterocycles. The van der Waals surface area contributed by atoms with E-state index in [9.17, 15) is 13.2 Å². The van der Waals surface area contributed by atoms with Crippen molar-refractivity contribution in [3.63, 3.8) is 0 Å². The number of nitrogens with zero attached hydrogens (tertiary/aromatic N) is 3. The summed E-state index contributed by atoms with van der Waals surface area (Å²) in [5, 5.41) is 11.7. The first kappa shape index (κ1) is 21.4. The molecule has 0 radical (unpaired) electrons. The fourth-order valence-electron chi connectivity index (χ4n) is 2.56. The summed E-state index contributed by atoms with van der Waals surface area (Å²) in [6, 6.07) is 13.3. The average molecular weight is 451 g/mol. The number of anilines is 1. The fraction of sp³-hybridized carbons (Fsp3) is 0.211. The van der Waals surface area contributed by atoms with Crippen LogP contribution in [0.1, 0.15) is 27.9 Å². The van der Waals surface area contributed by atoms with Gasteiger partial charge in [-0.3, -0.25) is 10.1 Å². The Morgan fingerprint density at radius 3 is 2.55 bits per heavy atom. The molecule has 7 nitrogen and oxygen atoms in total. The van der Waals surface area contributed by atoms with Crippen LogP contribution < -0.4 is 5.32 Å². The summed E-state index contributed by atoms with van der Waals surface area (Å²) in [6.07, 6.45) is 0.704. The molecule has 10 heteroatoms. The molecule has 1 N–H and O–H groups in total. The number of carbonyl (C=O) groups excluding carboxylic acids is 1. The van der Waals surface area contributed by atoms with E-state index in [-0.39, 0.29) is 22.0 Å². The average Bonchev–Trinajstić information content (AvgIpc) is 3.16. The van der Waals surface area contributed by atoms with Gasteiger partial charge in [0.1, 0.15) is 5.01 Å². The van der Waals surface area contributed by atoms with Crippen LogP contribution in [0.4, 0.5) is 5.13 Å². The quantitative estimate of drug-likeness (QED) is 0.590. The normalized spacial score (nSPS) is 11.6. The lowest BCUT2D eigenvalue weighted by Crippen LogP contribution is -2.27. The first-order valence-electron chi connectivity index (χ1n) is 8.74. The largest absolute Gasteiger partial charge is 0.296 e. The molecule has 3 rings (SSSR count). The summed E-state index contributed by atoms with van der Waals surface area (Å²) in [5.41, 5.74) is 0.905. The lowest BCUT2D eigenvalue weighted by atomic mass is 10.2. The summed E-state index contributed by atoms with van der Waals surface area (Å²) in [5.74, 6) is -0.545. The topological polar surface area (TPSA) is 92.3 Å². The van der Waals surface area contributed by atoms with Crippen molar-refractivity contribution in [1.82, 2.24) is 14.5 Å². The lowest BCUT2D eigenvalue weighted by molar-refractivity contribution is 0.102. The number of amides is 1. The van der Waals surface area contributed by atoms with Crippen LogP contribution in [0.5, 0.6) is 0 Å². The zero-order chi connectivity index (χ0) is 21.0. The smallest absolute Gasteiger partial charge is 0.259 e. The Bertz CT molecular complexity index is 1120. The van der Waals surface area contributed by atoms with Crippen LogP contribution in [-0.2, 0) is 23.0 Å². The standard InChI is InChI=1S/C19H19ClN4O3S2/c1-3-17-22-23-19(28-17)21-18(25)15-11-14(9-10-16(15)20)29(26,27)24(2)12-13-7-5-4-6-8-13/h4-11H,3,12H2,1-2H3,(H,21,23,25). The molecule has 0 saturated heterocycles. The summed E-state index contributed by atoms with van der Waals surface area (Å²) in [7, 11) is -2.32. The molecule has 0 bridgehead atoms. The van der Waals surface area contributed by atoms with Crippen LogP contribution >= 0.6 is 22.9 Å². The number of aromatic nitrogens is 2. The van der Waals surface area contributed by atoms with E-state index in [1.165, 1.54) is 40.9 Å². The van der Waals surface area contributed by atoms with Gasteiger partial charge in [-0.2, -0.15) is 4.31 Å². The van der Waals surface area contributed by atoms with Gasteiger partial charge in [0.2, 0.25) is 15.2 Å². The number of rotatable bonds is 7. The first-order valence-corrected chi connectivity index (χ1v) is 11.4. The van der Waals surface area contributed by atoms with Gasteiger partial charge in [-0.15, -0.1) is 10.2 Å². The van der Waals surface area contributed by atoms with Crippen molar-refractivity contribution in [2.75, 3.05) is 12.4 Å². The third-order valence-corrected chi connectivity index (χ3v) is 7.24. The first-order chi connectivity index (χ1) is 13.8. The lowest BCUT2D eigenvalue weighted by Gasteiger charge is -2.18. The number of carbonyl (C=O) groups is 1. The summed E-state index contributed by atoms with van der Waals surface area (Å²) in [6.45, 7) is 2.14. The van der Waals surface area contributed by atoms with Crippen LogP contribution in [0.15, 0.2) is 53.4 Å². The van der Waals surface area contributed by atoms with Gasteiger partial charge in [0.25, 0.3) is 5.91 Å². The van der Waals surface area contributed by atoms with Crippen molar-refractivity contribution in [2.45, 2.75) is 24.8 Å². The Hall–Kier alpha value is -2.33. The fourth-order valence-corrected chi connectivity index (χ4v) is 4.62.